The van der Waals surface area contributed by atoms with Crippen molar-refractivity contribution in [1.29, 1.82) is 0 Å². The fourth-order valence-corrected chi connectivity index (χ4v) is 5.07. The van der Waals surface area contributed by atoms with Gasteiger partial charge in [-0.15, -0.1) is 0 Å². The Balaban J connectivity index is 1.58. The van der Waals surface area contributed by atoms with E-state index >= 15 is 0 Å². The number of hydrogen-bond acceptors (Lipinski definition) is 6. The SMILES string of the molecule is COc1cc(/C=C2\SC(=O)N(Cc3ccccc3Cl)C2=O)cc(Br)c1OC(=O)c1ccccc1Cl. The van der Waals surface area contributed by atoms with Crippen LogP contribution in [0.5, 0.6) is 11.5 Å². The molecular weight excluding hydrogens is 577 g/mol. The highest BCUT2D eigenvalue weighted by Crippen LogP contribution is 2.40. The second-order valence-electron chi connectivity index (χ2n) is 7.26. The van der Waals surface area contributed by atoms with Crippen molar-refractivity contribution in [3.63, 3.8) is 0 Å². The van der Waals surface area contributed by atoms with E-state index in [1.54, 1.807) is 66.7 Å². The number of imide groups is 1. The summed E-state index contributed by atoms with van der Waals surface area (Å²) >= 11 is 16.5. The Morgan fingerprint density at radius 1 is 1.06 bits per heavy atom. The molecule has 1 saturated heterocycles. The highest BCUT2D eigenvalue weighted by molar-refractivity contribution is 9.10. The van der Waals surface area contributed by atoms with E-state index in [1.807, 2.05) is 0 Å². The van der Waals surface area contributed by atoms with Crippen molar-refractivity contribution in [3.05, 3.63) is 96.8 Å². The molecule has 3 aromatic rings. The Bertz CT molecular complexity index is 1380. The fraction of sp³-hybridized carbons (Fsp3) is 0.0800. The Morgan fingerprint density at radius 2 is 1.74 bits per heavy atom. The first-order chi connectivity index (χ1) is 16.8. The van der Waals surface area contributed by atoms with Crippen LogP contribution in [-0.4, -0.2) is 29.1 Å². The lowest BCUT2D eigenvalue weighted by Gasteiger charge is -2.14. The van der Waals surface area contributed by atoms with E-state index in [0.717, 1.165) is 16.7 Å². The molecule has 1 fully saturated rings. The average Bonchev–Trinajstić information content (AvgIpc) is 3.09. The summed E-state index contributed by atoms with van der Waals surface area (Å²) in [7, 11) is 1.43. The van der Waals surface area contributed by atoms with Gasteiger partial charge in [0.1, 0.15) is 0 Å². The Labute approximate surface area is 223 Å². The van der Waals surface area contributed by atoms with Gasteiger partial charge >= 0.3 is 5.97 Å². The molecule has 6 nitrogen and oxygen atoms in total. The van der Waals surface area contributed by atoms with E-state index in [4.69, 9.17) is 32.7 Å². The lowest BCUT2D eigenvalue weighted by Crippen LogP contribution is -2.27. The monoisotopic (exact) mass is 591 g/mol. The van der Waals surface area contributed by atoms with Crippen LogP contribution in [-0.2, 0) is 11.3 Å². The van der Waals surface area contributed by atoms with Crippen LogP contribution in [0.3, 0.4) is 0 Å². The van der Waals surface area contributed by atoms with Crippen molar-refractivity contribution in [2.24, 2.45) is 0 Å². The number of methoxy groups -OCH3 is 1. The summed E-state index contributed by atoms with van der Waals surface area (Å²) in [6.07, 6.45) is 1.57. The first-order valence-electron chi connectivity index (χ1n) is 10.1. The molecule has 0 bridgehead atoms. The van der Waals surface area contributed by atoms with Crippen LogP contribution in [0.1, 0.15) is 21.5 Å². The second-order valence-corrected chi connectivity index (χ2v) is 9.92. The second kappa shape index (κ2) is 10.9. The predicted molar refractivity (Wildman–Crippen MR) is 140 cm³/mol. The molecule has 0 aliphatic carbocycles. The number of carbonyl (C=O) groups excluding carboxylic acids is 3. The van der Waals surface area contributed by atoms with Gasteiger partial charge < -0.3 is 9.47 Å². The van der Waals surface area contributed by atoms with Crippen molar-refractivity contribution in [2.75, 3.05) is 7.11 Å². The van der Waals surface area contributed by atoms with Crippen LogP contribution >= 0.6 is 50.9 Å². The number of amides is 2. The van der Waals surface area contributed by atoms with E-state index < -0.39 is 17.1 Å². The van der Waals surface area contributed by atoms with Gasteiger partial charge in [-0.05, 0) is 75.2 Å². The molecule has 178 valence electrons. The van der Waals surface area contributed by atoms with Gasteiger partial charge in [0.25, 0.3) is 11.1 Å². The molecule has 1 heterocycles. The van der Waals surface area contributed by atoms with E-state index in [2.05, 4.69) is 15.9 Å². The van der Waals surface area contributed by atoms with Gasteiger partial charge in [0.05, 0.1) is 33.6 Å². The molecule has 3 aromatic carbocycles. The number of thioether (sulfide) groups is 1. The number of hydrogen-bond donors (Lipinski definition) is 0. The Kier molecular flexibility index (Phi) is 7.86. The van der Waals surface area contributed by atoms with Crippen LogP contribution in [0.25, 0.3) is 6.08 Å². The number of halogens is 3. The van der Waals surface area contributed by atoms with E-state index in [1.165, 1.54) is 7.11 Å². The number of rotatable bonds is 6. The highest BCUT2D eigenvalue weighted by Gasteiger charge is 2.35. The molecule has 0 atom stereocenters. The molecule has 2 amide bonds. The van der Waals surface area contributed by atoms with E-state index in [9.17, 15) is 14.4 Å². The lowest BCUT2D eigenvalue weighted by molar-refractivity contribution is -0.123. The van der Waals surface area contributed by atoms with Crippen molar-refractivity contribution >= 4 is 74.1 Å². The van der Waals surface area contributed by atoms with Crippen molar-refractivity contribution in [3.8, 4) is 11.5 Å². The van der Waals surface area contributed by atoms with Crippen molar-refractivity contribution in [1.82, 2.24) is 4.90 Å². The summed E-state index contributed by atoms with van der Waals surface area (Å²) in [5.74, 6) is -0.671. The molecule has 10 heteroatoms. The minimum absolute atomic E-state index is 0.0750. The summed E-state index contributed by atoms with van der Waals surface area (Å²) in [4.78, 5) is 39.4. The van der Waals surface area contributed by atoms with Gasteiger partial charge in [-0.25, -0.2) is 4.79 Å². The zero-order valence-electron chi connectivity index (χ0n) is 18.1. The van der Waals surface area contributed by atoms with Gasteiger partial charge in [-0.1, -0.05) is 53.5 Å². The number of esters is 1. The third kappa shape index (κ3) is 5.56. The van der Waals surface area contributed by atoms with Crippen LogP contribution in [0.2, 0.25) is 10.0 Å². The number of carbonyl (C=O) groups is 3. The first-order valence-corrected chi connectivity index (χ1v) is 12.5. The molecule has 0 unspecified atom stereocenters. The summed E-state index contributed by atoms with van der Waals surface area (Å²) < 4.78 is 11.4. The normalized spacial score (nSPS) is 14.5. The minimum atomic E-state index is -0.650. The van der Waals surface area contributed by atoms with Gasteiger partial charge in [0.15, 0.2) is 11.5 Å². The van der Waals surface area contributed by atoms with Gasteiger partial charge in [-0.3, -0.25) is 14.5 Å². The van der Waals surface area contributed by atoms with E-state index in [0.29, 0.717) is 20.6 Å². The third-order valence-electron chi connectivity index (χ3n) is 5.00. The highest BCUT2D eigenvalue weighted by atomic mass is 79.9. The van der Waals surface area contributed by atoms with Crippen LogP contribution in [0.4, 0.5) is 4.79 Å². The quantitative estimate of drug-likeness (QED) is 0.171. The molecule has 0 spiro atoms. The van der Waals surface area contributed by atoms with Gasteiger partial charge in [0.2, 0.25) is 0 Å². The standard InChI is InChI=1S/C25H16BrCl2NO5S/c1-33-20-11-14(10-17(26)22(20)34-24(31)16-7-3-5-9-19(16)28)12-21-23(30)29(25(32)35-21)13-15-6-2-4-8-18(15)27/h2-12H,13H2,1H3/b21-12-. The van der Waals surface area contributed by atoms with Crippen molar-refractivity contribution in [2.45, 2.75) is 6.54 Å². The topological polar surface area (TPSA) is 72.9 Å². The van der Waals surface area contributed by atoms with Gasteiger partial charge in [-0.2, -0.15) is 0 Å². The fourth-order valence-electron chi connectivity index (χ4n) is 3.28. The molecular formula is C25H16BrCl2NO5S. The molecule has 1 aliphatic heterocycles. The maximum atomic E-state index is 12.9. The summed E-state index contributed by atoms with van der Waals surface area (Å²) in [6.45, 7) is 0.0750. The zero-order valence-corrected chi connectivity index (χ0v) is 22.0. The molecule has 0 radical (unpaired) electrons. The van der Waals surface area contributed by atoms with Crippen LogP contribution < -0.4 is 9.47 Å². The molecule has 0 saturated carbocycles. The largest absolute Gasteiger partial charge is 0.493 e. The smallest absolute Gasteiger partial charge is 0.345 e. The third-order valence-corrected chi connectivity index (χ3v) is 7.19. The Hall–Kier alpha value is -2.78. The maximum Gasteiger partial charge on any atom is 0.345 e. The predicted octanol–water partition coefficient (Wildman–Crippen LogP) is 7.22. The van der Waals surface area contributed by atoms with Gasteiger partial charge in [0, 0.05) is 5.02 Å². The van der Waals surface area contributed by atoms with Crippen LogP contribution in [0, 0.1) is 0 Å². The number of benzene rings is 3. The Morgan fingerprint density at radius 3 is 2.43 bits per heavy atom. The molecule has 35 heavy (non-hydrogen) atoms. The zero-order chi connectivity index (χ0) is 25.1. The number of nitrogens with zero attached hydrogens (tertiary/aromatic N) is 1. The summed E-state index contributed by atoms with van der Waals surface area (Å²) in [5, 5.41) is 0.348. The molecule has 1 aliphatic rings. The summed E-state index contributed by atoms with van der Waals surface area (Å²) in [5.41, 5.74) is 1.45. The average molecular weight is 593 g/mol. The molecule has 0 N–H and O–H groups in total. The lowest BCUT2D eigenvalue weighted by atomic mass is 10.1. The molecule has 0 aromatic heterocycles. The number of ether oxygens (including phenoxy) is 2. The van der Waals surface area contributed by atoms with Crippen molar-refractivity contribution < 1.29 is 23.9 Å². The maximum absolute atomic E-state index is 12.9. The summed E-state index contributed by atoms with van der Waals surface area (Å²) in [6, 6.07) is 16.8. The van der Waals surface area contributed by atoms with E-state index in [-0.39, 0.29) is 33.5 Å². The first kappa shape index (κ1) is 25.3. The van der Waals surface area contributed by atoms with Crippen LogP contribution in [0.15, 0.2) is 70.0 Å². The minimum Gasteiger partial charge on any atom is -0.493 e. The molecule has 4 rings (SSSR count).